The van der Waals surface area contributed by atoms with E-state index in [1.165, 1.54) is 11.3 Å². The summed E-state index contributed by atoms with van der Waals surface area (Å²) in [7, 11) is 0. The van der Waals surface area contributed by atoms with Gasteiger partial charge in [0.2, 0.25) is 5.91 Å². The van der Waals surface area contributed by atoms with E-state index in [4.69, 9.17) is 5.73 Å². The van der Waals surface area contributed by atoms with Gasteiger partial charge >= 0.3 is 0 Å². The Morgan fingerprint density at radius 2 is 2.04 bits per heavy atom. The second-order valence-electron chi connectivity index (χ2n) is 6.43. The maximum absolute atomic E-state index is 12.7. The van der Waals surface area contributed by atoms with E-state index in [-0.39, 0.29) is 23.9 Å². The van der Waals surface area contributed by atoms with E-state index < -0.39 is 0 Å². The van der Waals surface area contributed by atoms with Crippen LogP contribution in [-0.4, -0.2) is 53.3 Å². The maximum atomic E-state index is 12.7. The topological polar surface area (TPSA) is 66.6 Å². The predicted octanol–water partition coefficient (Wildman–Crippen LogP) is 2.72. The van der Waals surface area contributed by atoms with Crippen LogP contribution < -0.4 is 5.73 Å². The summed E-state index contributed by atoms with van der Waals surface area (Å²) in [6.45, 7) is 6.29. The largest absolute Gasteiger partial charge is 0.341 e. The highest BCUT2D eigenvalue weighted by Gasteiger charge is 2.31. The zero-order chi connectivity index (χ0) is 17.5. The first-order chi connectivity index (χ1) is 11.6. The van der Waals surface area contributed by atoms with E-state index in [1.54, 1.807) is 0 Å². The molecular weight excluding hydrogens is 322 g/mol. The monoisotopic (exact) mass is 351 g/mol. The molecule has 24 heavy (non-hydrogen) atoms. The van der Waals surface area contributed by atoms with Crippen molar-refractivity contribution in [3.8, 4) is 0 Å². The first-order valence-corrected chi connectivity index (χ1v) is 9.85. The second-order valence-corrected chi connectivity index (χ2v) is 7.38. The third-order valence-corrected chi connectivity index (χ3v) is 5.45. The molecule has 0 spiro atoms. The number of amides is 2. The SMILES string of the molecule is CCCC(N)C(=O)N1CCC(N(CCC)C(=O)c2cccs2)CC1. The highest BCUT2D eigenvalue weighted by Crippen LogP contribution is 2.22. The minimum absolute atomic E-state index is 0.0573. The van der Waals surface area contributed by atoms with E-state index in [9.17, 15) is 9.59 Å². The first kappa shape index (κ1) is 18.9. The van der Waals surface area contributed by atoms with Gasteiger partial charge in [0.15, 0.2) is 0 Å². The van der Waals surface area contributed by atoms with Crippen molar-refractivity contribution < 1.29 is 9.59 Å². The van der Waals surface area contributed by atoms with Gasteiger partial charge in [-0.15, -0.1) is 11.3 Å². The van der Waals surface area contributed by atoms with Gasteiger partial charge in [-0.2, -0.15) is 0 Å². The molecule has 2 N–H and O–H groups in total. The van der Waals surface area contributed by atoms with Crippen LogP contribution in [-0.2, 0) is 4.79 Å². The number of piperidine rings is 1. The smallest absolute Gasteiger partial charge is 0.264 e. The summed E-state index contributed by atoms with van der Waals surface area (Å²) in [5, 5.41) is 1.94. The summed E-state index contributed by atoms with van der Waals surface area (Å²) < 4.78 is 0. The molecule has 1 fully saturated rings. The summed E-state index contributed by atoms with van der Waals surface area (Å²) in [5.41, 5.74) is 5.96. The van der Waals surface area contributed by atoms with Crippen LogP contribution in [0.2, 0.25) is 0 Å². The van der Waals surface area contributed by atoms with Crippen LogP contribution in [0.3, 0.4) is 0 Å². The standard InChI is InChI=1S/C18H29N3O2S/c1-3-6-15(19)17(22)20-11-8-14(9-12-20)21(10-4-2)18(23)16-7-5-13-24-16/h5,7,13-15H,3-4,6,8-12,19H2,1-2H3. The molecule has 1 aliphatic rings. The zero-order valence-corrected chi connectivity index (χ0v) is 15.6. The Labute approximate surface area is 148 Å². The molecule has 0 aromatic carbocycles. The van der Waals surface area contributed by atoms with Gasteiger partial charge in [-0.3, -0.25) is 9.59 Å². The van der Waals surface area contributed by atoms with Crippen LogP contribution in [0.25, 0.3) is 0 Å². The Kier molecular flexibility index (Phi) is 7.24. The Morgan fingerprint density at radius 1 is 1.33 bits per heavy atom. The summed E-state index contributed by atoms with van der Waals surface area (Å²) in [6.07, 6.45) is 4.27. The quantitative estimate of drug-likeness (QED) is 0.821. The average Bonchev–Trinajstić information content (AvgIpc) is 3.13. The number of nitrogens with zero attached hydrogens (tertiary/aromatic N) is 2. The van der Waals surface area contributed by atoms with Crippen molar-refractivity contribution in [2.45, 2.75) is 58.0 Å². The van der Waals surface area contributed by atoms with Crippen molar-refractivity contribution in [2.24, 2.45) is 5.73 Å². The summed E-state index contributed by atoms with van der Waals surface area (Å²) in [4.78, 5) is 29.7. The molecule has 2 rings (SSSR count). The number of hydrogen-bond donors (Lipinski definition) is 1. The number of carbonyl (C=O) groups is 2. The molecule has 2 heterocycles. The fraction of sp³-hybridized carbons (Fsp3) is 0.667. The molecule has 1 unspecified atom stereocenters. The molecule has 1 aromatic heterocycles. The van der Waals surface area contributed by atoms with Crippen molar-refractivity contribution >= 4 is 23.2 Å². The second kappa shape index (κ2) is 9.18. The Morgan fingerprint density at radius 3 is 2.58 bits per heavy atom. The third kappa shape index (κ3) is 4.57. The van der Waals surface area contributed by atoms with Crippen LogP contribution in [0, 0.1) is 0 Å². The fourth-order valence-corrected chi connectivity index (χ4v) is 3.98. The highest BCUT2D eigenvalue weighted by molar-refractivity contribution is 7.12. The van der Waals surface area contributed by atoms with Gasteiger partial charge in [-0.1, -0.05) is 26.3 Å². The minimum atomic E-state index is -0.383. The van der Waals surface area contributed by atoms with Gasteiger partial charge in [-0.05, 0) is 37.1 Å². The lowest BCUT2D eigenvalue weighted by atomic mass is 10.0. The number of hydrogen-bond acceptors (Lipinski definition) is 4. The molecule has 0 saturated carbocycles. The number of carbonyl (C=O) groups excluding carboxylic acids is 2. The lowest BCUT2D eigenvalue weighted by Crippen LogP contribution is -2.52. The van der Waals surface area contributed by atoms with Gasteiger partial charge in [0.25, 0.3) is 5.91 Å². The average molecular weight is 352 g/mol. The van der Waals surface area contributed by atoms with Crippen LogP contribution in [0.15, 0.2) is 17.5 Å². The van der Waals surface area contributed by atoms with Crippen LogP contribution in [0.4, 0.5) is 0 Å². The van der Waals surface area contributed by atoms with Gasteiger partial charge < -0.3 is 15.5 Å². The lowest BCUT2D eigenvalue weighted by Gasteiger charge is -2.39. The van der Waals surface area contributed by atoms with E-state index in [2.05, 4.69) is 6.92 Å². The van der Waals surface area contributed by atoms with E-state index >= 15 is 0 Å². The van der Waals surface area contributed by atoms with Crippen LogP contribution in [0.1, 0.15) is 55.6 Å². The van der Waals surface area contributed by atoms with Crippen molar-refractivity contribution in [1.29, 1.82) is 0 Å². The Hall–Kier alpha value is -1.40. The number of nitrogens with two attached hydrogens (primary N) is 1. The molecule has 6 heteroatoms. The van der Waals surface area contributed by atoms with Gasteiger partial charge in [-0.25, -0.2) is 0 Å². The first-order valence-electron chi connectivity index (χ1n) is 8.97. The maximum Gasteiger partial charge on any atom is 0.264 e. The van der Waals surface area contributed by atoms with Crippen molar-refractivity contribution in [1.82, 2.24) is 9.80 Å². The van der Waals surface area contributed by atoms with Crippen molar-refractivity contribution in [3.05, 3.63) is 22.4 Å². The van der Waals surface area contributed by atoms with E-state index in [0.29, 0.717) is 13.1 Å². The van der Waals surface area contributed by atoms with E-state index in [0.717, 1.165) is 43.5 Å². The molecule has 2 amide bonds. The molecular formula is C18H29N3O2S. The van der Waals surface area contributed by atoms with Gasteiger partial charge in [0, 0.05) is 25.7 Å². The minimum Gasteiger partial charge on any atom is -0.341 e. The molecule has 1 atom stereocenters. The number of rotatable bonds is 7. The molecule has 1 aliphatic heterocycles. The molecule has 1 aromatic rings. The molecule has 1 saturated heterocycles. The molecule has 0 bridgehead atoms. The fourth-order valence-electron chi connectivity index (χ4n) is 3.30. The molecule has 134 valence electrons. The van der Waals surface area contributed by atoms with E-state index in [1.807, 2.05) is 34.2 Å². The molecule has 0 radical (unpaired) electrons. The predicted molar refractivity (Wildman–Crippen MR) is 98.1 cm³/mol. The summed E-state index contributed by atoms with van der Waals surface area (Å²) in [6, 6.07) is 3.63. The molecule has 5 nitrogen and oxygen atoms in total. The summed E-state index contributed by atoms with van der Waals surface area (Å²) in [5.74, 6) is 0.182. The number of thiophene rings is 1. The van der Waals surface area contributed by atoms with Gasteiger partial charge in [0.05, 0.1) is 10.9 Å². The summed E-state index contributed by atoms with van der Waals surface area (Å²) >= 11 is 1.49. The normalized spacial score (nSPS) is 16.9. The Balaban J connectivity index is 1.95. The third-order valence-electron chi connectivity index (χ3n) is 4.59. The highest BCUT2D eigenvalue weighted by atomic mass is 32.1. The van der Waals surface area contributed by atoms with Gasteiger partial charge in [0.1, 0.15) is 0 Å². The lowest BCUT2D eigenvalue weighted by molar-refractivity contribution is -0.134. The van der Waals surface area contributed by atoms with Crippen LogP contribution >= 0.6 is 11.3 Å². The van der Waals surface area contributed by atoms with Crippen molar-refractivity contribution in [2.75, 3.05) is 19.6 Å². The van der Waals surface area contributed by atoms with Crippen LogP contribution in [0.5, 0.6) is 0 Å². The Bertz CT molecular complexity index is 524. The molecule has 0 aliphatic carbocycles. The number of likely N-dealkylation sites (tertiary alicyclic amines) is 1. The van der Waals surface area contributed by atoms with Crippen molar-refractivity contribution in [3.63, 3.8) is 0 Å². The zero-order valence-electron chi connectivity index (χ0n) is 14.7.